The molecule has 0 bridgehead atoms. The summed E-state index contributed by atoms with van der Waals surface area (Å²) in [4.78, 5) is 12.4. The molecule has 1 N–H and O–H groups in total. The van der Waals surface area contributed by atoms with Gasteiger partial charge in [0.2, 0.25) is 0 Å². The summed E-state index contributed by atoms with van der Waals surface area (Å²) >= 11 is 6.18. The van der Waals surface area contributed by atoms with Crippen LogP contribution in [0.1, 0.15) is 35.9 Å². The van der Waals surface area contributed by atoms with E-state index in [0.29, 0.717) is 22.1 Å². The second-order valence-electron chi connectivity index (χ2n) is 5.70. The van der Waals surface area contributed by atoms with Crippen LogP contribution in [-0.4, -0.2) is 39.7 Å². The van der Waals surface area contributed by atoms with Gasteiger partial charge >= 0.3 is 0 Å². The van der Waals surface area contributed by atoms with Crippen molar-refractivity contribution in [3.63, 3.8) is 0 Å². The molecule has 0 spiro atoms. The Morgan fingerprint density at radius 2 is 2.26 bits per heavy atom. The van der Waals surface area contributed by atoms with Crippen molar-refractivity contribution >= 4 is 17.5 Å². The average molecular weight is 335 g/mol. The Morgan fingerprint density at radius 3 is 2.96 bits per heavy atom. The number of carbonyl (C=O) groups excluding carboxylic acids is 1. The molecule has 6 nitrogen and oxygen atoms in total. The lowest BCUT2D eigenvalue weighted by atomic mass is 10.1. The summed E-state index contributed by atoms with van der Waals surface area (Å²) in [5.74, 6) is -0.246. The normalized spacial score (nSPS) is 18.8. The van der Waals surface area contributed by atoms with Gasteiger partial charge in [-0.15, -0.1) is 5.10 Å². The molecule has 23 heavy (non-hydrogen) atoms. The molecule has 1 aromatic heterocycles. The van der Waals surface area contributed by atoms with Gasteiger partial charge in [0.05, 0.1) is 28.5 Å². The lowest BCUT2D eigenvalue weighted by Crippen LogP contribution is -2.41. The van der Waals surface area contributed by atoms with Crippen molar-refractivity contribution in [1.82, 2.24) is 20.3 Å². The molecule has 1 amide bonds. The lowest BCUT2D eigenvalue weighted by Gasteiger charge is -2.19. The molecule has 2 heterocycles. The summed E-state index contributed by atoms with van der Waals surface area (Å²) in [5, 5.41) is 11.6. The van der Waals surface area contributed by atoms with Crippen LogP contribution in [0.5, 0.6) is 0 Å². The van der Waals surface area contributed by atoms with E-state index in [1.807, 2.05) is 25.1 Å². The van der Waals surface area contributed by atoms with Crippen molar-refractivity contribution in [3.8, 4) is 5.69 Å². The van der Waals surface area contributed by atoms with Gasteiger partial charge < -0.3 is 10.1 Å². The van der Waals surface area contributed by atoms with Crippen LogP contribution in [0.3, 0.4) is 0 Å². The zero-order chi connectivity index (χ0) is 16.4. The molecule has 7 heteroatoms. The van der Waals surface area contributed by atoms with E-state index in [-0.39, 0.29) is 18.1 Å². The highest BCUT2D eigenvalue weighted by Crippen LogP contribution is 2.21. The Kier molecular flexibility index (Phi) is 4.63. The predicted molar refractivity (Wildman–Crippen MR) is 87.0 cm³/mol. The molecular weight excluding hydrogens is 316 g/mol. The number of amides is 1. The van der Waals surface area contributed by atoms with Gasteiger partial charge in [0, 0.05) is 6.61 Å². The van der Waals surface area contributed by atoms with Crippen molar-refractivity contribution < 1.29 is 9.53 Å². The molecule has 1 aliphatic rings. The van der Waals surface area contributed by atoms with Gasteiger partial charge in [-0.25, -0.2) is 4.68 Å². The Bertz CT molecular complexity index is 710. The minimum atomic E-state index is -0.246. The zero-order valence-corrected chi connectivity index (χ0v) is 13.9. The van der Waals surface area contributed by atoms with Crippen LogP contribution < -0.4 is 5.32 Å². The highest BCUT2D eigenvalue weighted by Gasteiger charge is 2.26. The molecule has 0 saturated carbocycles. The van der Waals surface area contributed by atoms with Crippen molar-refractivity contribution in [3.05, 3.63) is 40.7 Å². The van der Waals surface area contributed by atoms with E-state index >= 15 is 0 Å². The number of hydrogen-bond donors (Lipinski definition) is 1. The molecule has 0 aliphatic carbocycles. The fourth-order valence-electron chi connectivity index (χ4n) is 2.76. The molecule has 3 rings (SSSR count). The standard InChI is InChI=1S/C16H19ClN4O2/c1-10(14-8-5-9-23-14)18-16(22)15-11(2)21(20-19-15)13-7-4-3-6-12(13)17/h3-4,6-7,10,14H,5,8-9H2,1-2H3,(H,18,22)/t10-,14-/m0/s1. The number of nitrogens with zero attached hydrogens (tertiary/aromatic N) is 3. The van der Waals surface area contributed by atoms with Gasteiger partial charge in [-0.1, -0.05) is 28.9 Å². The Morgan fingerprint density at radius 1 is 1.48 bits per heavy atom. The van der Waals surface area contributed by atoms with Gasteiger partial charge in [0.1, 0.15) is 0 Å². The van der Waals surface area contributed by atoms with Crippen molar-refractivity contribution in [2.24, 2.45) is 0 Å². The van der Waals surface area contributed by atoms with E-state index in [4.69, 9.17) is 16.3 Å². The largest absolute Gasteiger partial charge is 0.376 e. The number of benzene rings is 1. The third-order valence-corrected chi connectivity index (χ3v) is 4.39. The van der Waals surface area contributed by atoms with Gasteiger partial charge in [-0.05, 0) is 38.8 Å². The van der Waals surface area contributed by atoms with E-state index in [9.17, 15) is 4.79 Å². The van der Waals surface area contributed by atoms with Crippen LogP contribution in [0.25, 0.3) is 5.69 Å². The first-order valence-corrected chi connectivity index (χ1v) is 8.05. The summed E-state index contributed by atoms with van der Waals surface area (Å²) in [6.07, 6.45) is 2.07. The highest BCUT2D eigenvalue weighted by atomic mass is 35.5. The highest BCUT2D eigenvalue weighted by molar-refractivity contribution is 6.32. The predicted octanol–water partition coefficient (Wildman–Crippen LogP) is 2.53. The Labute approximate surface area is 139 Å². The monoisotopic (exact) mass is 334 g/mol. The summed E-state index contributed by atoms with van der Waals surface area (Å²) in [5.41, 5.74) is 1.65. The van der Waals surface area contributed by atoms with E-state index in [1.54, 1.807) is 17.7 Å². The number of nitrogens with one attached hydrogen (secondary N) is 1. The number of halogens is 1. The second-order valence-corrected chi connectivity index (χ2v) is 6.11. The summed E-state index contributed by atoms with van der Waals surface area (Å²) in [6, 6.07) is 7.25. The Hall–Kier alpha value is -1.92. The fraction of sp³-hybridized carbons (Fsp3) is 0.438. The van der Waals surface area contributed by atoms with Gasteiger partial charge in [-0.3, -0.25) is 4.79 Å². The van der Waals surface area contributed by atoms with Gasteiger partial charge in [0.25, 0.3) is 5.91 Å². The average Bonchev–Trinajstić information content (AvgIpc) is 3.17. The van der Waals surface area contributed by atoms with E-state index < -0.39 is 0 Å². The number of rotatable bonds is 4. The second kappa shape index (κ2) is 6.68. The molecule has 2 atom stereocenters. The minimum Gasteiger partial charge on any atom is -0.376 e. The third-order valence-electron chi connectivity index (χ3n) is 4.07. The first-order chi connectivity index (χ1) is 11.1. The molecule has 0 radical (unpaired) electrons. The van der Waals surface area contributed by atoms with Crippen LogP contribution in [0.4, 0.5) is 0 Å². The lowest BCUT2D eigenvalue weighted by molar-refractivity contribution is 0.0709. The van der Waals surface area contributed by atoms with Crippen LogP contribution >= 0.6 is 11.6 Å². The van der Waals surface area contributed by atoms with Crippen LogP contribution in [0, 0.1) is 6.92 Å². The summed E-state index contributed by atoms with van der Waals surface area (Å²) in [6.45, 7) is 4.50. The molecule has 2 aromatic rings. The van der Waals surface area contributed by atoms with Crippen molar-refractivity contribution in [2.75, 3.05) is 6.61 Å². The number of ether oxygens (including phenoxy) is 1. The first kappa shape index (κ1) is 16.0. The summed E-state index contributed by atoms with van der Waals surface area (Å²) in [7, 11) is 0. The SMILES string of the molecule is Cc1c(C(=O)N[C@@H](C)[C@@H]2CCCO2)nnn1-c1ccccc1Cl. The number of para-hydroxylation sites is 1. The first-order valence-electron chi connectivity index (χ1n) is 7.67. The molecule has 1 fully saturated rings. The smallest absolute Gasteiger partial charge is 0.274 e. The molecule has 1 saturated heterocycles. The topological polar surface area (TPSA) is 69.0 Å². The van der Waals surface area contributed by atoms with Crippen LogP contribution in [0.2, 0.25) is 5.02 Å². The van der Waals surface area contributed by atoms with E-state index in [0.717, 1.165) is 19.4 Å². The fourth-order valence-corrected chi connectivity index (χ4v) is 2.97. The maximum Gasteiger partial charge on any atom is 0.274 e. The van der Waals surface area contributed by atoms with Crippen LogP contribution in [0.15, 0.2) is 24.3 Å². The van der Waals surface area contributed by atoms with Gasteiger partial charge in [-0.2, -0.15) is 0 Å². The van der Waals surface area contributed by atoms with Crippen LogP contribution in [-0.2, 0) is 4.74 Å². The van der Waals surface area contributed by atoms with Crippen molar-refractivity contribution in [1.29, 1.82) is 0 Å². The number of aromatic nitrogens is 3. The maximum atomic E-state index is 12.4. The maximum absolute atomic E-state index is 12.4. The molecule has 122 valence electrons. The van der Waals surface area contributed by atoms with Crippen molar-refractivity contribution in [2.45, 2.75) is 38.8 Å². The Balaban J connectivity index is 1.79. The minimum absolute atomic E-state index is 0.0603. The quantitative estimate of drug-likeness (QED) is 0.932. The molecule has 1 aliphatic heterocycles. The van der Waals surface area contributed by atoms with E-state index in [2.05, 4.69) is 15.6 Å². The number of carbonyl (C=O) groups is 1. The number of hydrogen-bond acceptors (Lipinski definition) is 4. The van der Waals surface area contributed by atoms with Gasteiger partial charge in [0.15, 0.2) is 5.69 Å². The molecule has 1 aromatic carbocycles. The third kappa shape index (κ3) is 3.23. The summed E-state index contributed by atoms with van der Waals surface area (Å²) < 4.78 is 7.18. The zero-order valence-electron chi connectivity index (χ0n) is 13.1. The van der Waals surface area contributed by atoms with E-state index in [1.165, 1.54) is 0 Å². The molecular formula is C16H19ClN4O2. The molecule has 0 unspecified atom stereocenters.